The van der Waals surface area contributed by atoms with Crippen molar-refractivity contribution in [2.75, 3.05) is 6.61 Å². The van der Waals surface area contributed by atoms with E-state index >= 15 is 0 Å². The van der Waals surface area contributed by atoms with Gasteiger partial charge in [-0.3, -0.25) is 4.57 Å². The zero-order valence-corrected chi connectivity index (χ0v) is 13.2. The lowest BCUT2D eigenvalue weighted by Gasteiger charge is -2.10. The Balaban J connectivity index is 1.54. The van der Waals surface area contributed by atoms with Crippen LogP contribution in [0.15, 0.2) is 35.1 Å². The Morgan fingerprint density at radius 3 is 2.87 bits per heavy atom. The Kier molecular flexibility index (Phi) is 5.25. The SMILES string of the molecule is O=c1n(C[C@@H](O)COCc2ccccc2)nc2n1CCCCC2. The number of nitrogens with zero attached hydrogens (tertiary/aromatic N) is 3. The summed E-state index contributed by atoms with van der Waals surface area (Å²) in [5.74, 6) is 0.838. The number of fused-ring (bicyclic) bond motifs is 1. The molecule has 0 bridgehead atoms. The number of aryl methyl sites for hydroxylation is 1. The van der Waals surface area contributed by atoms with Crippen LogP contribution in [0.25, 0.3) is 0 Å². The van der Waals surface area contributed by atoms with Gasteiger partial charge in [0.15, 0.2) is 0 Å². The number of hydrogen-bond donors (Lipinski definition) is 1. The van der Waals surface area contributed by atoms with Crippen molar-refractivity contribution in [3.05, 3.63) is 52.2 Å². The van der Waals surface area contributed by atoms with Crippen molar-refractivity contribution in [2.24, 2.45) is 0 Å². The number of rotatable bonds is 6. The average Bonchev–Trinajstić information content (AvgIpc) is 2.74. The van der Waals surface area contributed by atoms with E-state index in [0.717, 1.165) is 43.6 Å². The van der Waals surface area contributed by atoms with Gasteiger partial charge < -0.3 is 9.84 Å². The van der Waals surface area contributed by atoms with Crippen molar-refractivity contribution in [3.63, 3.8) is 0 Å². The normalized spacial score (nSPS) is 15.9. The maximum absolute atomic E-state index is 12.3. The van der Waals surface area contributed by atoms with Crippen LogP contribution in [0.1, 0.15) is 30.7 Å². The summed E-state index contributed by atoms with van der Waals surface area (Å²) >= 11 is 0. The molecule has 1 atom stereocenters. The highest BCUT2D eigenvalue weighted by molar-refractivity contribution is 5.13. The summed E-state index contributed by atoms with van der Waals surface area (Å²) in [6, 6.07) is 9.81. The largest absolute Gasteiger partial charge is 0.389 e. The van der Waals surface area contributed by atoms with Gasteiger partial charge in [0.1, 0.15) is 5.82 Å². The van der Waals surface area contributed by atoms with E-state index in [1.807, 2.05) is 30.3 Å². The maximum Gasteiger partial charge on any atom is 0.346 e. The number of benzene rings is 1. The van der Waals surface area contributed by atoms with Crippen LogP contribution in [0.3, 0.4) is 0 Å². The van der Waals surface area contributed by atoms with Gasteiger partial charge in [0, 0.05) is 13.0 Å². The highest BCUT2D eigenvalue weighted by Gasteiger charge is 2.17. The molecule has 124 valence electrons. The quantitative estimate of drug-likeness (QED) is 0.873. The molecule has 2 aromatic rings. The molecule has 0 saturated carbocycles. The fraction of sp³-hybridized carbons (Fsp3) is 0.529. The van der Waals surface area contributed by atoms with Gasteiger partial charge >= 0.3 is 5.69 Å². The Morgan fingerprint density at radius 2 is 2.04 bits per heavy atom. The molecule has 6 nitrogen and oxygen atoms in total. The minimum absolute atomic E-state index is 0.121. The van der Waals surface area contributed by atoms with Gasteiger partial charge in [-0.25, -0.2) is 9.48 Å². The van der Waals surface area contributed by atoms with Crippen LogP contribution < -0.4 is 5.69 Å². The predicted octanol–water partition coefficient (Wildman–Crippen LogP) is 1.35. The van der Waals surface area contributed by atoms with Crippen LogP contribution in [0.2, 0.25) is 0 Å². The molecule has 1 N–H and O–H groups in total. The molecular weight excluding hydrogens is 294 g/mol. The monoisotopic (exact) mass is 317 g/mol. The van der Waals surface area contributed by atoms with Crippen LogP contribution in [0, 0.1) is 0 Å². The van der Waals surface area contributed by atoms with Crippen molar-refractivity contribution in [1.29, 1.82) is 0 Å². The lowest BCUT2D eigenvalue weighted by atomic mass is 10.2. The van der Waals surface area contributed by atoms with E-state index in [0.29, 0.717) is 6.61 Å². The molecule has 6 heteroatoms. The van der Waals surface area contributed by atoms with Gasteiger partial charge in [-0.1, -0.05) is 36.8 Å². The van der Waals surface area contributed by atoms with E-state index in [4.69, 9.17) is 4.74 Å². The molecule has 1 aromatic carbocycles. The summed E-state index contributed by atoms with van der Waals surface area (Å²) in [5, 5.41) is 14.5. The van der Waals surface area contributed by atoms with Crippen molar-refractivity contribution in [3.8, 4) is 0 Å². The molecular formula is C17H23N3O3. The summed E-state index contributed by atoms with van der Waals surface area (Å²) < 4.78 is 8.63. The molecule has 0 aliphatic carbocycles. The summed E-state index contributed by atoms with van der Waals surface area (Å²) in [5.41, 5.74) is 0.939. The molecule has 3 rings (SSSR count). The van der Waals surface area contributed by atoms with Crippen molar-refractivity contribution in [2.45, 2.75) is 51.5 Å². The van der Waals surface area contributed by atoms with Crippen molar-refractivity contribution >= 4 is 0 Å². The molecule has 1 aliphatic rings. The van der Waals surface area contributed by atoms with Gasteiger partial charge in [0.2, 0.25) is 0 Å². The summed E-state index contributed by atoms with van der Waals surface area (Å²) in [6.07, 6.45) is 3.32. The van der Waals surface area contributed by atoms with Crippen molar-refractivity contribution in [1.82, 2.24) is 14.3 Å². The number of aliphatic hydroxyl groups excluding tert-OH is 1. The topological polar surface area (TPSA) is 69.3 Å². The highest BCUT2D eigenvalue weighted by Crippen LogP contribution is 2.10. The van der Waals surface area contributed by atoms with Crippen LogP contribution in [0.4, 0.5) is 0 Å². The molecule has 0 unspecified atom stereocenters. The van der Waals surface area contributed by atoms with E-state index in [-0.39, 0.29) is 18.8 Å². The fourth-order valence-corrected chi connectivity index (χ4v) is 2.88. The molecule has 0 radical (unpaired) electrons. The van der Waals surface area contributed by atoms with Crippen molar-refractivity contribution < 1.29 is 9.84 Å². The van der Waals surface area contributed by atoms with Gasteiger partial charge in [0.25, 0.3) is 0 Å². The molecule has 2 heterocycles. The van der Waals surface area contributed by atoms with Gasteiger partial charge in [-0.05, 0) is 18.4 Å². The van der Waals surface area contributed by atoms with E-state index in [1.165, 1.54) is 4.68 Å². The third kappa shape index (κ3) is 4.09. The minimum Gasteiger partial charge on any atom is -0.389 e. The average molecular weight is 317 g/mol. The van der Waals surface area contributed by atoms with Gasteiger partial charge in [-0.2, -0.15) is 5.10 Å². The predicted molar refractivity (Wildman–Crippen MR) is 86.1 cm³/mol. The second-order valence-corrected chi connectivity index (χ2v) is 6.00. The first kappa shape index (κ1) is 16.0. The molecule has 0 fully saturated rings. The molecule has 0 amide bonds. The molecule has 1 aliphatic heterocycles. The molecule has 0 spiro atoms. The third-order valence-corrected chi connectivity index (χ3v) is 4.09. The van der Waals surface area contributed by atoms with Crippen LogP contribution in [0.5, 0.6) is 0 Å². The first-order chi connectivity index (χ1) is 11.2. The summed E-state index contributed by atoms with van der Waals surface area (Å²) in [6.45, 7) is 1.54. The first-order valence-corrected chi connectivity index (χ1v) is 8.20. The standard InChI is InChI=1S/C17H23N3O3/c21-15(13-23-12-14-7-3-1-4-8-14)11-20-17(22)19-10-6-2-5-9-16(19)18-20/h1,3-4,7-8,15,21H,2,5-6,9-13H2/t15-/m1/s1. The first-order valence-electron chi connectivity index (χ1n) is 8.20. The Bertz CT molecular complexity index is 678. The minimum atomic E-state index is -0.740. The van der Waals surface area contributed by atoms with Gasteiger partial charge in [0.05, 0.1) is 25.9 Å². The van der Waals surface area contributed by atoms with E-state index in [1.54, 1.807) is 4.57 Å². The lowest BCUT2D eigenvalue weighted by Crippen LogP contribution is -2.31. The molecule has 23 heavy (non-hydrogen) atoms. The second-order valence-electron chi connectivity index (χ2n) is 6.00. The number of aromatic nitrogens is 3. The Hall–Kier alpha value is -1.92. The third-order valence-electron chi connectivity index (χ3n) is 4.09. The number of aliphatic hydroxyl groups is 1. The maximum atomic E-state index is 12.3. The van der Waals surface area contributed by atoms with E-state index in [2.05, 4.69) is 5.10 Å². The number of ether oxygens (including phenoxy) is 1. The Morgan fingerprint density at radius 1 is 1.22 bits per heavy atom. The van der Waals surface area contributed by atoms with Crippen LogP contribution >= 0.6 is 0 Å². The second kappa shape index (κ2) is 7.57. The number of hydrogen-bond acceptors (Lipinski definition) is 4. The van der Waals surface area contributed by atoms with Crippen LogP contribution in [-0.4, -0.2) is 32.2 Å². The zero-order chi connectivity index (χ0) is 16.1. The summed E-state index contributed by atoms with van der Waals surface area (Å²) in [7, 11) is 0. The van der Waals surface area contributed by atoms with Crippen LogP contribution in [-0.2, 0) is 30.9 Å². The highest BCUT2D eigenvalue weighted by atomic mass is 16.5. The smallest absolute Gasteiger partial charge is 0.346 e. The molecule has 1 aromatic heterocycles. The lowest BCUT2D eigenvalue weighted by molar-refractivity contribution is 0.0181. The fourth-order valence-electron chi connectivity index (χ4n) is 2.88. The van der Waals surface area contributed by atoms with Gasteiger partial charge in [-0.15, -0.1) is 0 Å². The molecule has 0 saturated heterocycles. The Labute approximate surface area is 135 Å². The summed E-state index contributed by atoms with van der Waals surface area (Å²) in [4.78, 5) is 12.3. The van der Waals surface area contributed by atoms with E-state index in [9.17, 15) is 9.90 Å². The zero-order valence-electron chi connectivity index (χ0n) is 13.2. The van der Waals surface area contributed by atoms with E-state index < -0.39 is 6.10 Å².